The number of hydrogen-bond acceptors (Lipinski definition) is 1. The van der Waals surface area contributed by atoms with Crippen LogP contribution >= 0.6 is 12.2 Å². The molecule has 0 unspecified atom stereocenters. The Labute approximate surface area is 145 Å². The van der Waals surface area contributed by atoms with Crippen LogP contribution in [0.5, 0.6) is 0 Å². The molecule has 1 atom stereocenters. The van der Waals surface area contributed by atoms with Gasteiger partial charge in [0, 0.05) is 5.69 Å². The molecule has 0 saturated carbocycles. The topological polar surface area (TPSA) is 24.1 Å². The summed E-state index contributed by atoms with van der Waals surface area (Å²) in [5.74, 6) is 0. The summed E-state index contributed by atoms with van der Waals surface area (Å²) >= 11 is 5.49. The molecule has 0 aliphatic rings. The van der Waals surface area contributed by atoms with Crippen LogP contribution < -0.4 is 10.6 Å². The van der Waals surface area contributed by atoms with Crippen LogP contribution in [0.3, 0.4) is 0 Å². The van der Waals surface area contributed by atoms with E-state index in [4.69, 9.17) is 12.2 Å². The molecule has 0 fully saturated rings. The summed E-state index contributed by atoms with van der Waals surface area (Å²) in [6.07, 6.45) is 0.983. The van der Waals surface area contributed by atoms with Gasteiger partial charge in [0.1, 0.15) is 0 Å². The molecule has 0 heterocycles. The maximum Gasteiger partial charge on any atom is 0.171 e. The molecule has 0 bridgehead atoms. The summed E-state index contributed by atoms with van der Waals surface area (Å²) in [6, 6.07) is 13.1. The van der Waals surface area contributed by atoms with Crippen LogP contribution in [0.2, 0.25) is 0 Å². The standard InChI is InChI=1S/C20H26N2S/c1-6-19(17-9-7-13(2)15(4)11-17)22-20(23)21-18-10-8-14(3)16(5)12-18/h7-12,19H,6H2,1-5H3,(H2,21,22,23)/t19-/m0/s1. The second kappa shape index (κ2) is 7.60. The molecule has 0 spiro atoms. The summed E-state index contributed by atoms with van der Waals surface area (Å²) in [7, 11) is 0. The third kappa shape index (κ3) is 4.55. The third-order valence-electron chi connectivity index (χ3n) is 4.41. The fourth-order valence-corrected chi connectivity index (χ4v) is 2.81. The molecular weight excluding hydrogens is 300 g/mol. The van der Waals surface area contributed by atoms with Gasteiger partial charge in [-0.3, -0.25) is 0 Å². The highest BCUT2D eigenvalue weighted by Crippen LogP contribution is 2.20. The molecular formula is C20H26N2S. The summed E-state index contributed by atoms with van der Waals surface area (Å²) in [5.41, 5.74) is 7.49. The van der Waals surface area contributed by atoms with E-state index in [1.54, 1.807) is 0 Å². The molecule has 0 amide bonds. The Hall–Kier alpha value is -1.87. The minimum absolute atomic E-state index is 0.223. The average Bonchev–Trinajstić information content (AvgIpc) is 2.51. The van der Waals surface area contributed by atoms with Crippen molar-refractivity contribution in [3.8, 4) is 0 Å². The quantitative estimate of drug-likeness (QED) is 0.740. The highest BCUT2D eigenvalue weighted by molar-refractivity contribution is 7.80. The van der Waals surface area contributed by atoms with Gasteiger partial charge < -0.3 is 10.6 Å². The zero-order valence-electron chi connectivity index (χ0n) is 14.7. The fraction of sp³-hybridized carbons (Fsp3) is 0.350. The van der Waals surface area contributed by atoms with Crippen LogP contribution in [0.4, 0.5) is 5.69 Å². The Morgan fingerprint density at radius 1 is 0.913 bits per heavy atom. The molecule has 2 rings (SSSR count). The van der Waals surface area contributed by atoms with Crippen molar-refractivity contribution in [2.75, 3.05) is 5.32 Å². The van der Waals surface area contributed by atoms with E-state index in [0.29, 0.717) is 5.11 Å². The van der Waals surface area contributed by atoms with Gasteiger partial charge in [0.15, 0.2) is 5.11 Å². The van der Waals surface area contributed by atoms with Crippen molar-refractivity contribution in [1.82, 2.24) is 5.32 Å². The van der Waals surface area contributed by atoms with E-state index in [9.17, 15) is 0 Å². The Kier molecular flexibility index (Phi) is 5.78. The number of nitrogens with one attached hydrogen (secondary N) is 2. The molecule has 2 aromatic carbocycles. The predicted octanol–water partition coefficient (Wildman–Crippen LogP) is 5.36. The van der Waals surface area contributed by atoms with E-state index < -0.39 is 0 Å². The first-order valence-electron chi connectivity index (χ1n) is 8.12. The van der Waals surface area contributed by atoms with Crippen LogP contribution in [0, 0.1) is 27.7 Å². The van der Waals surface area contributed by atoms with Crippen molar-refractivity contribution in [2.24, 2.45) is 0 Å². The van der Waals surface area contributed by atoms with E-state index in [2.05, 4.69) is 81.7 Å². The molecule has 23 heavy (non-hydrogen) atoms. The zero-order valence-corrected chi connectivity index (χ0v) is 15.5. The summed E-state index contributed by atoms with van der Waals surface area (Å²) in [4.78, 5) is 0. The lowest BCUT2D eigenvalue weighted by Crippen LogP contribution is -2.32. The highest BCUT2D eigenvalue weighted by atomic mass is 32.1. The smallest absolute Gasteiger partial charge is 0.171 e. The van der Waals surface area contributed by atoms with Gasteiger partial charge in [-0.2, -0.15) is 0 Å². The monoisotopic (exact) mass is 326 g/mol. The molecule has 122 valence electrons. The normalized spacial score (nSPS) is 11.9. The van der Waals surface area contributed by atoms with Crippen molar-refractivity contribution in [3.05, 3.63) is 64.2 Å². The van der Waals surface area contributed by atoms with E-state index >= 15 is 0 Å². The average molecular weight is 327 g/mol. The first-order chi connectivity index (χ1) is 10.9. The van der Waals surface area contributed by atoms with Gasteiger partial charge in [-0.15, -0.1) is 0 Å². The van der Waals surface area contributed by atoms with Crippen molar-refractivity contribution in [3.63, 3.8) is 0 Å². The summed E-state index contributed by atoms with van der Waals surface area (Å²) < 4.78 is 0. The van der Waals surface area contributed by atoms with Gasteiger partial charge >= 0.3 is 0 Å². The molecule has 0 aliphatic heterocycles. The Morgan fingerprint density at radius 3 is 2.09 bits per heavy atom. The van der Waals surface area contributed by atoms with E-state index in [-0.39, 0.29) is 6.04 Å². The van der Waals surface area contributed by atoms with Crippen molar-refractivity contribution in [2.45, 2.75) is 47.1 Å². The van der Waals surface area contributed by atoms with Gasteiger partial charge in [0.05, 0.1) is 6.04 Å². The van der Waals surface area contributed by atoms with Crippen molar-refractivity contribution < 1.29 is 0 Å². The van der Waals surface area contributed by atoms with Crippen LogP contribution in [0.25, 0.3) is 0 Å². The lowest BCUT2D eigenvalue weighted by Gasteiger charge is -2.21. The maximum atomic E-state index is 5.49. The lowest BCUT2D eigenvalue weighted by molar-refractivity contribution is 0.628. The fourth-order valence-electron chi connectivity index (χ4n) is 2.55. The van der Waals surface area contributed by atoms with Crippen LogP contribution in [-0.4, -0.2) is 5.11 Å². The third-order valence-corrected chi connectivity index (χ3v) is 4.63. The van der Waals surface area contributed by atoms with Gasteiger partial charge in [0.2, 0.25) is 0 Å². The molecule has 0 saturated heterocycles. The minimum Gasteiger partial charge on any atom is -0.356 e. The Bertz CT molecular complexity index is 707. The first-order valence-corrected chi connectivity index (χ1v) is 8.53. The first kappa shape index (κ1) is 17.5. The molecule has 0 radical (unpaired) electrons. The van der Waals surface area contributed by atoms with Crippen LogP contribution in [0.15, 0.2) is 36.4 Å². The van der Waals surface area contributed by atoms with Gasteiger partial charge in [0.25, 0.3) is 0 Å². The SMILES string of the molecule is CC[C@H](NC(=S)Nc1ccc(C)c(C)c1)c1ccc(C)c(C)c1. The highest BCUT2D eigenvalue weighted by Gasteiger charge is 2.11. The molecule has 2 aromatic rings. The number of hydrogen-bond donors (Lipinski definition) is 2. The Balaban J connectivity index is 2.07. The van der Waals surface area contributed by atoms with Gasteiger partial charge in [-0.05, 0) is 86.3 Å². The summed E-state index contributed by atoms with van der Waals surface area (Å²) in [6.45, 7) is 10.7. The minimum atomic E-state index is 0.223. The molecule has 0 aromatic heterocycles. The van der Waals surface area contributed by atoms with Gasteiger partial charge in [-0.25, -0.2) is 0 Å². The maximum absolute atomic E-state index is 5.49. The predicted molar refractivity (Wildman–Crippen MR) is 104 cm³/mol. The Morgan fingerprint density at radius 2 is 1.52 bits per heavy atom. The van der Waals surface area contributed by atoms with E-state index in [0.717, 1.165) is 12.1 Å². The zero-order chi connectivity index (χ0) is 17.0. The van der Waals surface area contributed by atoms with Crippen LogP contribution in [0.1, 0.15) is 47.2 Å². The van der Waals surface area contributed by atoms with E-state index in [1.807, 2.05) is 0 Å². The number of thiocarbonyl (C=S) groups is 1. The second-order valence-corrected chi connectivity index (χ2v) is 6.61. The number of rotatable bonds is 4. The largest absolute Gasteiger partial charge is 0.356 e. The second-order valence-electron chi connectivity index (χ2n) is 6.20. The molecule has 0 aliphatic carbocycles. The van der Waals surface area contributed by atoms with Gasteiger partial charge in [-0.1, -0.05) is 31.2 Å². The number of anilines is 1. The van der Waals surface area contributed by atoms with Crippen molar-refractivity contribution >= 4 is 23.0 Å². The number of benzene rings is 2. The molecule has 2 N–H and O–H groups in total. The van der Waals surface area contributed by atoms with Crippen molar-refractivity contribution in [1.29, 1.82) is 0 Å². The van der Waals surface area contributed by atoms with E-state index in [1.165, 1.54) is 27.8 Å². The molecule has 2 nitrogen and oxygen atoms in total. The number of aryl methyl sites for hydroxylation is 4. The molecule has 3 heteroatoms. The summed E-state index contributed by atoms with van der Waals surface area (Å²) in [5, 5.41) is 7.39. The lowest BCUT2D eigenvalue weighted by atomic mass is 9.99. The van der Waals surface area contributed by atoms with Crippen LogP contribution in [-0.2, 0) is 0 Å².